The Kier molecular flexibility index (Phi) is 4.79. The van der Waals surface area contributed by atoms with E-state index in [0.29, 0.717) is 22.8 Å². The molecule has 1 aliphatic carbocycles. The molecule has 0 radical (unpaired) electrons. The Balaban J connectivity index is 1.71. The van der Waals surface area contributed by atoms with Crippen molar-refractivity contribution in [2.75, 3.05) is 19.5 Å². The Morgan fingerprint density at radius 2 is 1.81 bits per heavy atom. The van der Waals surface area contributed by atoms with E-state index in [2.05, 4.69) is 46.5 Å². The van der Waals surface area contributed by atoms with Crippen LogP contribution in [0.1, 0.15) is 42.9 Å². The lowest BCUT2D eigenvalue weighted by Crippen LogP contribution is -2.09. The van der Waals surface area contributed by atoms with Crippen molar-refractivity contribution in [2.45, 2.75) is 31.7 Å². The monoisotopic (exact) mass is 383 g/mol. The van der Waals surface area contributed by atoms with Crippen molar-refractivity contribution in [3.05, 3.63) is 52.8 Å². The van der Waals surface area contributed by atoms with Gasteiger partial charge in [-0.3, -0.25) is 0 Å². The van der Waals surface area contributed by atoms with Crippen molar-refractivity contribution in [1.29, 1.82) is 0 Å². The molecule has 0 bridgehead atoms. The van der Waals surface area contributed by atoms with Gasteiger partial charge in [0.25, 0.3) is 0 Å². The quantitative estimate of drug-likeness (QED) is 0.581. The molecule has 0 amide bonds. The zero-order valence-electron chi connectivity index (χ0n) is 15.6. The maximum absolute atomic E-state index is 6.16. The lowest BCUT2D eigenvalue weighted by atomic mass is 10.0. The summed E-state index contributed by atoms with van der Waals surface area (Å²) in [5, 5.41) is 4.51. The lowest BCUT2D eigenvalue weighted by molar-refractivity contribution is 0.356. The Bertz CT molecular complexity index is 989. The van der Waals surface area contributed by atoms with Gasteiger partial charge in [0.2, 0.25) is 5.28 Å². The third-order valence-electron chi connectivity index (χ3n) is 4.99. The maximum Gasteiger partial charge on any atom is 0.224 e. The van der Waals surface area contributed by atoms with Crippen molar-refractivity contribution in [3.8, 4) is 11.5 Å². The highest BCUT2D eigenvalue weighted by molar-refractivity contribution is 6.28. The number of anilines is 1. The van der Waals surface area contributed by atoms with Gasteiger partial charge >= 0.3 is 0 Å². The second-order valence-electron chi connectivity index (χ2n) is 6.88. The number of ether oxygens (including phenoxy) is 2. The average molecular weight is 384 g/mol. The maximum atomic E-state index is 6.16. The molecular weight excluding hydrogens is 362 g/mol. The first-order valence-electron chi connectivity index (χ1n) is 9.04. The third kappa shape index (κ3) is 3.65. The molecule has 0 spiro atoms. The smallest absolute Gasteiger partial charge is 0.224 e. The average Bonchev–Trinajstić information content (AvgIpc) is 3.52. The standard InChI is InChI=1S/C21H22ClN3O2/c1-12(14-5-4-6-15(9-14)13-7-8-13)23-20-16-10-18(26-2)19(27-3)11-17(16)24-21(22)25-20/h4-6,9-13H,7-8H2,1-3H3,(H,23,24,25). The van der Waals surface area contributed by atoms with Gasteiger partial charge in [0, 0.05) is 17.5 Å². The molecule has 2 aromatic carbocycles. The Morgan fingerprint density at radius 3 is 2.52 bits per heavy atom. The van der Waals surface area contributed by atoms with Gasteiger partial charge in [0.05, 0.1) is 19.7 Å². The van der Waals surface area contributed by atoms with E-state index in [1.54, 1.807) is 14.2 Å². The second-order valence-corrected chi connectivity index (χ2v) is 7.21. The van der Waals surface area contributed by atoms with Gasteiger partial charge in [-0.2, -0.15) is 0 Å². The third-order valence-corrected chi connectivity index (χ3v) is 5.16. The molecule has 3 aromatic rings. The molecule has 1 heterocycles. The van der Waals surface area contributed by atoms with E-state index < -0.39 is 0 Å². The Morgan fingerprint density at radius 1 is 1.07 bits per heavy atom. The first kappa shape index (κ1) is 17.9. The summed E-state index contributed by atoms with van der Waals surface area (Å²) >= 11 is 6.16. The number of fused-ring (bicyclic) bond motifs is 1. The van der Waals surface area contributed by atoms with Crippen LogP contribution < -0.4 is 14.8 Å². The molecule has 5 nitrogen and oxygen atoms in total. The molecule has 4 rings (SSSR count). The summed E-state index contributed by atoms with van der Waals surface area (Å²) in [7, 11) is 3.21. The number of hydrogen-bond acceptors (Lipinski definition) is 5. The van der Waals surface area contributed by atoms with E-state index in [1.165, 1.54) is 24.0 Å². The first-order valence-corrected chi connectivity index (χ1v) is 9.42. The van der Waals surface area contributed by atoms with Crippen LogP contribution >= 0.6 is 11.6 Å². The lowest BCUT2D eigenvalue weighted by Gasteiger charge is -2.18. The van der Waals surface area contributed by atoms with Crippen LogP contribution in [0.4, 0.5) is 5.82 Å². The highest BCUT2D eigenvalue weighted by Gasteiger charge is 2.24. The molecule has 0 saturated heterocycles. The number of aromatic nitrogens is 2. The summed E-state index contributed by atoms with van der Waals surface area (Å²) in [6.45, 7) is 2.12. The summed E-state index contributed by atoms with van der Waals surface area (Å²) in [4.78, 5) is 8.74. The molecule has 1 aliphatic rings. The number of rotatable bonds is 6. The summed E-state index contributed by atoms with van der Waals surface area (Å²) < 4.78 is 10.8. The molecule has 1 atom stereocenters. The van der Waals surface area contributed by atoms with Crippen LogP contribution in [0.5, 0.6) is 11.5 Å². The van der Waals surface area contributed by atoms with E-state index in [0.717, 1.165) is 11.3 Å². The minimum Gasteiger partial charge on any atom is -0.493 e. The van der Waals surface area contributed by atoms with Crippen molar-refractivity contribution in [2.24, 2.45) is 0 Å². The van der Waals surface area contributed by atoms with Gasteiger partial charge in [-0.25, -0.2) is 9.97 Å². The van der Waals surface area contributed by atoms with Gasteiger partial charge in [0.15, 0.2) is 11.5 Å². The molecule has 6 heteroatoms. The number of benzene rings is 2. The minimum absolute atomic E-state index is 0.0750. The van der Waals surface area contributed by atoms with Crippen LogP contribution in [0.2, 0.25) is 5.28 Å². The van der Waals surface area contributed by atoms with Crippen LogP contribution in [0.15, 0.2) is 36.4 Å². The van der Waals surface area contributed by atoms with Crippen LogP contribution in [0, 0.1) is 0 Å². The van der Waals surface area contributed by atoms with E-state index in [9.17, 15) is 0 Å². The Labute approximate surface area is 163 Å². The van der Waals surface area contributed by atoms with Crippen molar-refractivity contribution >= 4 is 28.3 Å². The number of nitrogens with one attached hydrogen (secondary N) is 1. The zero-order valence-corrected chi connectivity index (χ0v) is 16.4. The largest absolute Gasteiger partial charge is 0.493 e. The number of halogens is 1. The van der Waals surface area contributed by atoms with Crippen LogP contribution in [-0.2, 0) is 0 Å². The SMILES string of the molecule is COc1cc2nc(Cl)nc(NC(C)c3cccc(C4CC4)c3)c2cc1OC. The van der Waals surface area contributed by atoms with Crippen molar-refractivity contribution in [1.82, 2.24) is 9.97 Å². The molecule has 1 unspecified atom stereocenters. The normalized spacial score (nSPS) is 14.8. The summed E-state index contributed by atoms with van der Waals surface area (Å²) in [6.07, 6.45) is 2.58. The topological polar surface area (TPSA) is 56.3 Å². The van der Waals surface area contributed by atoms with Crippen molar-refractivity contribution < 1.29 is 9.47 Å². The van der Waals surface area contributed by atoms with E-state index in [1.807, 2.05) is 12.1 Å². The summed E-state index contributed by atoms with van der Waals surface area (Å²) in [6, 6.07) is 12.5. The van der Waals surface area contributed by atoms with Crippen LogP contribution in [0.25, 0.3) is 10.9 Å². The first-order chi connectivity index (χ1) is 13.1. The Hall–Kier alpha value is -2.53. The van der Waals surface area contributed by atoms with Crippen molar-refractivity contribution in [3.63, 3.8) is 0 Å². The predicted molar refractivity (Wildman–Crippen MR) is 108 cm³/mol. The van der Waals surface area contributed by atoms with Crippen LogP contribution in [-0.4, -0.2) is 24.2 Å². The fraction of sp³-hybridized carbons (Fsp3) is 0.333. The molecule has 1 aromatic heterocycles. The van der Waals surface area contributed by atoms with E-state index in [-0.39, 0.29) is 11.3 Å². The molecule has 27 heavy (non-hydrogen) atoms. The van der Waals surface area contributed by atoms with E-state index >= 15 is 0 Å². The van der Waals surface area contributed by atoms with Gasteiger partial charge in [-0.15, -0.1) is 0 Å². The van der Waals surface area contributed by atoms with E-state index in [4.69, 9.17) is 21.1 Å². The van der Waals surface area contributed by atoms with Gasteiger partial charge < -0.3 is 14.8 Å². The second kappa shape index (κ2) is 7.24. The molecule has 1 fully saturated rings. The minimum atomic E-state index is 0.0750. The number of nitrogens with zero attached hydrogens (tertiary/aromatic N) is 2. The summed E-state index contributed by atoms with van der Waals surface area (Å²) in [5.74, 6) is 2.64. The molecule has 0 aliphatic heterocycles. The number of hydrogen-bond donors (Lipinski definition) is 1. The number of methoxy groups -OCH3 is 2. The molecule has 140 valence electrons. The molecular formula is C21H22ClN3O2. The highest BCUT2D eigenvalue weighted by atomic mass is 35.5. The highest BCUT2D eigenvalue weighted by Crippen LogP contribution is 2.41. The van der Waals surface area contributed by atoms with Crippen LogP contribution in [0.3, 0.4) is 0 Å². The van der Waals surface area contributed by atoms with Gasteiger partial charge in [0.1, 0.15) is 5.82 Å². The van der Waals surface area contributed by atoms with Gasteiger partial charge in [-0.1, -0.05) is 24.3 Å². The molecule has 1 saturated carbocycles. The fourth-order valence-corrected chi connectivity index (χ4v) is 3.50. The van der Waals surface area contributed by atoms with Gasteiger partial charge in [-0.05, 0) is 54.5 Å². The molecule has 1 N–H and O–H groups in total. The predicted octanol–water partition coefficient (Wildman–Crippen LogP) is 5.35. The summed E-state index contributed by atoms with van der Waals surface area (Å²) in [5.41, 5.74) is 3.34. The fourth-order valence-electron chi connectivity index (χ4n) is 3.32. The zero-order chi connectivity index (χ0) is 19.0.